The maximum Gasteiger partial charge on any atom is 0.360 e. The van der Waals surface area contributed by atoms with Gasteiger partial charge in [-0.1, -0.05) is 0 Å². The molecule has 0 saturated heterocycles. The molecule has 2 aromatic heterocycles. The first-order valence-electron chi connectivity index (χ1n) is 5.43. The molecule has 2 rings (SSSR count). The number of carbonyl (C=O) groups is 1. The molecule has 0 radical (unpaired) electrons. The summed E-state index contributed by atoms with van der Waals surface area (Å²) >= 11 is 0. The molecule has 0 aliphatic rings. The Morgan fingerprint density at radius 1 is 1.45 bits per heavy atom. The predicted octanol–water partition coefficient (Wildman–Crippen LogP) is 0.0396. The normalized spacial score (nSPS) is 11.3. The Bertz CT molecular complexity index is 766. The molecule has 0 aliphatic carbocycles. The number of rotatable bonds is 3. The van der Waals surface area contributed by atoms with Crippen LogP contribution in [0.5, 0.6) is 0 Å². The lowest BCUT2D eigenvalue weighted by Gasteiger charge is -2.05. The molecule has 0 saturated carbocycles. The van der Waals surface area contributed by atoms with Crippen LogP contribution in [0.25, 0.3) is 5.82 Å². The second kappa shape index (κ2) is 4.93. The Kier molecular flexibility index (Phi) is 3.45. The fraction of sp³-hybridized carbons (Fsp3) is 0.182. The molecule has 8 nitrogen and oxygen atoms in total. The van der Waals surface area contributed by atoms with Gasteiger partial charge in [-0.15, -0.1) is 0 Å². The van der Waals surface area contributed by atoms with E-state index in [2.05, 4.69) is 14.8 Å². The van der Waals surface area contributed by atoms with E-state index in [-0.39, 0.29) is 22.1 Å². The largest absolute Gasteiger partial charge is 0.464 e. The number of aromatic nitrogens is 3. The quantitative estimate of drug-likeness (QED) is 0.794. The van der Waals surface area contributed by atoms with Crippen molar-refractivity contribution in [2.75, 3.05) is 19.1 Å². The molecule has 20 heavy (non-hydrogen) atoms. The van der Waals surface area contributed by atoms with Crippen molar-refractivity contribution in [1.82, 2.24) is 14.8 Å². The minimum absolute atomic E-state index is 0.0149. The first-order valence-corrected chi connectivity index (χ1v) is 7.32. The van der Waals surface area contributed by atoms with Crippen LogP contribution in [0.15, 0.2) is 29.4 Å². The average molecular weight is 296 g/mol. The van der Waals surface area contributed by atoms with E-state index < -0.39 is 15.8 Å². The van der Waals surface area contributed by atoms with Crippen LogP contribution >= 0.6 is 0 Å². The van der Waals surface area contributed by atoms with E-state index in [0.29, 0.717) is 0 Å². The Labute approximate surface area is 115 Å². The Morgan fingerprint density at radius 2 is 2.15 bits per heavy atom. The SMILES string of the molecule is COC(=O)c1nn(-c2ncccc2S(C)(=O)=O)cc1N. The van der Waals surface area contributed by atoms with Gasteiger partial charge in [-0.25, -0.2) is 22.9 Å². The maximum atomic E-state index is 11.7. The van der Waals surface area contributed by atoms with Gasteiger partial charge in [-0.05, 0) is 12.1 Å². The molecule has 0 bridgehead atoms. The molecule has 2 aromatic rings. The highest BCUT2D eigenvalue weighted by Crippen LogP contribution is 2.19. The van der Waals surface area contributed by atoms with E-state index >= 15 is 0 Å². The van der Waals surface area contributed by atoms with Gasteiger partial charge in [0.25, 0.3) is 0 Å². The lowest BCUT2D eigenvalue weighted by molar-refractivity contribution is 0.0594. The fourth-order valence-corrected chi connectivity index (χ4v) is 2.40. The van der Waals surface area contributed by atoms with E-state index in [0.717, 1.165) is 10.9 Å². The number of hydrogen-bond acceptors (Lipinski definition) is 7. The summed E-state index contributed by atoms with van der Waals surface area (Å²) in [6.45, 7) is 0. The van der Waals surface area contributed by atoms with Gasteiger partial charge in [0.1, 0.15) is 4.90 Å². The second-order valence-electron chi connectivity index (χ2n) is 3.97. The van der Waals surface area contributed by atoms with E-state index in [1.54, 1.807) is 0 Å². The molecule has 0 aromatic carbocycles. The number of nitrogens with two attached hydrogens (primary N) is 1. The molecular weight excluding hydrogens is 284 g/mol. The molecule has 0 amide bonds. The second-order valence-corrected chi connectivity index (χ2v) is 5.95. The van der Waals surface area contributed by atoms with Crippen molar-refractivity contribution < 1.29 is 17.9 Å². The summed E-state index contributed by atoms with van der Waals surface area (Å²) in [6.07, 6.45) is 3.78. The molecule has 2 N–H and O–H groups in total. The van der Waals surface area contributed by atoms with Crippen LogP contribution in [0.2, 0.25) is 0 Å². The van der Waals surface area contributed by atoms with Crippen LogP contribution in [0, 0.1) is 0 Å². The highest BCUT2D eigenvalue weighted by Gasteiger charge is 2.20. The van der Waals surface area contributed by atoms with E-state index in [1.807, 2.05) is 0 Å². The van der Waals surface area contributed by atoms with Crippen molar-refractivity contribution in [1.29, 1.82) is 0 Å². The van der Waals surface area contributed by atoms with Gasteiger partial charge in [0.2, 0.25) is 0 Å². The van der Waals surface area contributed by atoms with Crippen LogP contribution in [-0.2, 0) is 14.6 Å². The molecule has 0 spiro atoms. The number of ether oxygens (including phenoxy) is 1. The zero-order chi connectivity index (χ0) is 14.9. The van der Waals surface area contributed by atoms with Crippen LogP contribution in [0.1, 0.15) is 10.5 Å². The highest BCUT2D eigenvalue weighted by atomic mass is 32.2. The molecule has 0 unspecified atom stereocenters. The molecular formula is C11H12N4O4S. The van der Waals surface area contributed by atoms with Crippen molar-refractivity contribution in [2.45, 2.75) is 4.90 Å². The zero-order valence-electron chi connectivity index (χ0n) is 10.8. The summed E-state index contributed by atoms with van der Waals surface area (Å²) < 4.78 is 29.1. The number of hydrogen-bond donors (Lipinski definition) is 1. The molecule has 0 fully saturated rings. The van der Waals surface area contributed by atoms with Crippen LogP contribution in [-0.4, -0.2) is 42.5 Å². The highest BCUT2D eigenvalue weighted by molar-refractivity contribution is 7.90. The number of nitrogen functional groups attached to an aromatic ring is 1. The summed E-state index contributed by atoms with van der Waals surface area (Å²) in [5, 5.41) is 3.92. The summed E-state index contributed by atoms with van der Waals surface area (Å²) in [5.74, 6) is -0.644. The zero-order valence-corrected chi connectivity index (χ0v) is 11.6. The van der Waals surface area contributed by atoms with Gasteiger partial charge in [-0.3, -0.25) is 0 Å². The maximum absolute atomic E-state index is 11.7. The summed E-state index contributed by atoms with van der Waals surface area (Å²) in [7, 11) is -2.29. The molecule has 2 heterocycles. The number of methoxy groups -OCH3 is 1. The van der Waals surface area contributed by atoms with Gasteiger partial charge in [0.05, 0.1) is 19.0 Å². The first-order chi connectivity index (χ1) is 9.34. The third-order valence-electron chi connectivity index (χ3n) is 2.49. The summed E-state index contributed by atoms with van der Waals surface area (Å²) in [6, 6.07) is 2.89. The van der Waals surface area contributed by atoms with Crippen LogP contribution in [0.4, 0.5) is 5.69 Å². The lowest BCUT2D eigenvalue weighted by Crippen LogP contribution is -2.09. The van der Waals surface area contributed by atoms with Crippen LogP contribution < -0.4 is 5.73 Å². The lowest BCUT2D eigenvalue weighted by atomic mass is 10.4. The summed E-state index contributed by atoms with van der Waals surface area (Å²) in [4.78, 5) is 15.4. The Hall–Kier alpha value is -2.42. The Morgan fingerprint density at radius 3 is 2.75 bits per heavy atom. The monoisotopic (exact) mass is 296 g/mol. The van der Waals surface area contributed by atoms with Crippen molar-refractivity contribution in [3.8, 4) is 5.82 Å². The predicted molar refractivity (Wildman–Crippen MR) is 70.2 cm³/mol. The smallest absolute Gasteiger partial charge is 0.360 e. The molecule has 106 valence electrons. The summed E-state index contributed by atoms with van der Waals surface area (Å²) in [5.41, 5.74) is 5.62. The number of pyridine rings is 1. The average Bonchev–Trinajstić information content (AvgIpc) is 2.79. The van der Waals surface area contributed by atoms with Gasteiger partial charge in [-0.2, -0.15) is 5.10 Å². The number of anilines is 1. The van der Waals surface area contributed by atoms with Crippen molar-refractivity contribution >= 4 is 21.5 Å². The third kappa shape index (κ3) is 2.48. The number of nitrogens with zero attached hydrogens (tertiary/aromatic N) is 3. The fourth-order valence-electron chi connectivity index (χ4n) is 1.59. The first kappa shape index (κ1) is 14.0. The number of esters is 1. The minimum Gasteiger partial charge on any atom is -0.464 e. The van der Waals surface area contributed by atoms with Crippen LogP contribution in [0.3, 0.4) is 0 Å². The standard InChI is InChI=1S/C11H12N4O4S/c1-19-11(16)9-7(12)6-15(14-9)10-8(20(2,17)18)4-3-5-13-10/h3-6H,12H2,1-2H3. The third-order valence-corrected chi connectivity index (χ3v) is 3.61. The van der Waals surface area contributed by atoms with E-state index in [1.165, 1.54) is 31.6 Å². The van der Waals surface area contributed by atoms with E-state index in [4.69, 9.17) is 5.73 Å². The van der Waals surface area contributed by atoms with E-state index in [9.17, 15) is 13.2 Å². The van der Waals surface area contributed by atoms with Crippen molar-refractivity contribution in [2.24, 2.45) is 0 Å². The molecule has 0 atom stereocenters. The number of sulfone groups is 1. The van der Waals surface area contributed by atoms with Crippen molar-refractivity contribution in [3.05, 3.63) is 30.2 Å². The van der Waals surface area contributed by atoms with Gasteiger partial charge in [0.15, 0.2) is 21.3 Å². The number of carbonyl (C=O) groups excluding carboxylic acids is 1. The van der Waals surface area contributed by atoms with Gasteiger partial charge < -0.3 is 10.5 Å². The molecule has 9 heteroatoms. The Balaban J connectivity index is 2.62. The van der Waals surface area contributed by atoms with Crippen molar-refractivity contribution in [3.63, 3.8) is 0 Å². The topological polar surface area (TPSA) is 117 Å². The molecule has 0 aliphatic heterocycles. The minimum atomic E-state index is -3.49. The van der Waals surface area contributed by atoms with Gasteiger partial charge in [0, 0.05) is 12.5 Å². The van der Waals surface area contributed by atoms with Gasteiger partial charge >= 0.3 is 5.97 Å².